The molecule has 0 bridgehead atoms. The Morgan fingerprint density at radius 3 is 2.70 bits per heavy atom. The van der Waals surface area contributed by atoms with Crippen LogP contribution in [0.4, 0.5) is 0 Å². The van der Waals surface area contributed by atoms with Crippen LogP contribution in [0.2, 0.25) is 0 Å². The molecule has 0 radical (unpaired) electrons. The summed E-state index contributed by atoms with van der Waals surface area (Å²) < 4.78 is 0. The molecule has 0 saturated carbocycles. The lowest BCUT2D eigenvalue weighted by molar-refractivity contribution is 0.876. The quantitative estimate of drug-likeness (QED) is 0.650. The van der Waals surface area contributed by atoms with Crippen molar-refractivity contribution in [2.24, 2.45) is 0 Å². The summed E-state index contributed by atoms with van der Waals surface area (Å²) in [6.45, 7) is 8.45. The van der Waals surface area contributed by atoms with Crippen molar-refractivity contribution in [2.75, 3.05) is 12.3 Å². The van der Waals surface area contributed by atoms with Gasteiger partial charge in [0.15, 0.2) is 0 Å². The SMILES string of the molecule is C=CC1=C(C=C)SCCN1. The molecule has 0 aromatic carbocycles. The molecule has 0 atom stereocenters. The molecule has 2 heteroatoms. The maximum atomic E-state index is 3.72. The largest absolute Gasteiger partial charge is 0.383 e. The monoisotopic (exact) mass is 153 g/mol. The van der Waals surface area contributed by atoms with Crippen LogP contribution < -0.4 is 5.32 Å². The fourth-order valence-corrected chi connectivity index (χ4v) is 1.71. The summed E-state index contributed by atoms with van der Waals surface area (Å²) >= 11 is 1.82. The molecule has 0 spiro atoms. The van der Waals surface area contributed by atoms with E-state index in [2.05, 4.69) is 18.5 Å². The predicted molar refractivity (Wildman–Crippen MR) is 47.9 cm³/mol. The Balaban J connectivity index is 2.81. The highest BCUT2D eigenvalue weighted by Crippen LogP contribution is 2.22. The second-order valence-corrected chi connectivity index (χ2v) is 3.10. The minimum atomic E-state index is 1.03. The van der Waals surface area contributed by atoms with Gasteiger partial charge >= 0.3 is 0 Å². The minimum absolute atomic E-state index is 1.03. The van der Waals surface area contributed by atoms with Crippen LogP contribution in [0.5, 0.6) is 0 Å². The highest BCUT2D eigenvalue weighted by Gasteiger charge is 2.05. The summed E-state index contributed by atoms with van der Waals surface area (Å²) in [7, 11) is 0. The third-order valence-electron chi connectivity index (χ3n) is 1.33. The van der Waals surface area contributed by atoms with Crippen LogP contribution in [0.1, 0.15) is 0 Å². The zero-order chi connectivity index (χ0) is 7.40. The Bertz CT molecular complexity index is 162. The number of thioether (sulfide) groups is 1. The van der Waals surface area contributed by atoms with Gasteiger partial charge in [-0.15, -0.1) is 11.8 Å². The number of hydrogen-bond acceptors (Lipinski definition) is 2. The van der Waals surface area contributed by atoms with E-state index < -0.39 is 0 Å². The first-order chi connectivity index (χ1) is 4.88. The molecule has 0 amide bonds. The molecule has 1 nitrogen and oxygen atoms in total. The number of nitrogens with one attached hydrogen (secondary N) is 1. The van der Waals surface area contributed by atoms with Crippen molar-refractivity contribution in [3.63, 3.8) is 0 Å². The van der Waals surface area contributed by atoms with Crippen LogP contribution >= 0.6 is 11.8 Å². The van der Waals surface area contributed by atoms with Crippen molar-refractivity contribution in [3.8, 4) is 0 Å². The zero-order valence-electron chi connectivity index (χ0n) is 5.89. The molecule has 0 aromatic heterocycles. The van der Waals surface area contributed by atoms with Crippen LogP contribution in [0.15, 0.2) is 35.9 Å². The van der Waals surface area contributed by atoms with Crippen molar-refractivity contribution in [1.29, 1.82) is 0 Å². The van der Waals surface area contributed by atoms with Crippen LogP contribution in [0.25, 0.3) is 0 Å². The minimum Gasteiger partial charge on any atom is -0.383 e. The molecular weight excluding hydrogens is 142 g/mol. The van der Waals surface area contributed by atoms with Crippen molar-refractivity contribution in [1.82, 2.24) is 5.32 Å². The van der Waals surface area contributed by atoms with Gasteiger partial charge in [-0.1, -0.05) is 19.2 Å². The topological polar surface area (TPSA) is 12.0 Å². The molecule has 0 unspecified atom stereocenters. The van der Waals surface area contributed by atoms with E-state index in [-0.39, 0.29) is 0 Å². The van der Waals surface area contributed by atoms with E-state index in [4.69, 9.17) is 0 Å². The van der Waals surface area contributed by atoms with Gasteiger partial charge in [0.1, 0.15) is 0 Å². The fraction of sp³-hybridized carbons (Fsp3) is 0.250. The summed E-state index contributed by atoms with van der Waals surface area (Å²) in [5, 5.41) is 3.24. The van der Waals surface area contributed by atoms with E-state index in [1.165, 1.54) is 4.91 Å². The van der Waals surface area contributed by atoms with Crippen LogP contribution in [0, 0.1) is 0 Å². The Kier molecular flexibility index (Phi) is 2.63. The van der Waals surface area contributed by atoms with Crippen LogP contribution in [-0.4, -0.2) is 12.3 Å². The van der Waals surface area contributed by atoms with E-state index in [9.17, 15) is 0 Å². The van der Waals surface area contributed by atoms with E-state index in [1.54, 1.807) is 0 Å². The molecule has 0 aromatic rings. The van der Waals surface area contributed by atoms with E-state index >= 15 is 0 Å². The maximum absolute atomic E-state index is 3.72. The first kappa shape index (κ1) is 7.48. The third kappa shape index (κ3) is 1.45. The van der Waals surface area contributed by atoms with Crippen molar-refractivity contribution in [3.05, 3.63) is 35.9 Å². The molecule has 0 saturated heterocycles. The second kappa shape index (κ2) is 3.52. The maximum Gasteiger partial charge on any atom is 0.0472 e. The van der Waals surface area contributed by atoms with Gasteiger partial charge < -0.3 is 5.32 Å². The normalized spacial score (nSPS) is 18.0. The average Bonchev–Trinajstić information content (AvgIpc) is 2.04. The Labute approximate surface area is 65.9 Å². The highest BCUT2D eigenvalue weighted by molar-refractivity contribution is 8.03. The van der Waals surface area contributed by atoms with Gasteiger partial charge in [-0.25, -0.2) is 0 Å². The first-order valence-corrected chi connectivity index (χ1v) is 4.23. The fourth-order valence-electron chi connectivity index (χ4n) is 0.853. The van der Waals surface area contributed by atoms with E-state index in [0.29, 0.717) is 0 Å². The molecule has 1 heterocycles. The molecule has 1 aliphatic heterocycles. The Morgan fingerprint density at radius 2 is 2.20 bits per heavy atom. The van der Waals surface area contributed by atoms with Gasteiger partial charge in [0, 0.05) is 22.9 Å². The standard InChI is InChI=1S/C8H11NS/c1-3-7-8(4-2)10-6-5-9-7/h3-4,9H,1-2,5-6H2. The summed E-state index contributed by atoms with van der Waals surface area (Å²) in [5.41, 5.74) is 1.12. The predicted octanol–water partition coefficient (Wildman–Crippen LogP) is 1.91. The smallest absolute Gasteiger partial charge is 0.0472 e. The lowest BCUT2D eigenvalue weighted by Gasteiger charge is -2.16. The molecular formula is C8H11NS. The van der Waals surface area contributed by atoms with E-state index in [0.717, 1.165) is 18.0 Å². The van der Waals surface area contributed by atoms with Gasteiger partial charge in [0.25, 0.3) is 0 Å². The van der Waals surface area contributed by atoms with E-state index in [1.807, 2.05) is 23.9 Å². The van der Waals surface area contributed by atoms with Gasteiger partial charge in [-0.05, 0) is 6.08 Å². The number of allylic oxidation sites excluding steroid dienone is 2. The van der Waals surface area contributed by atoms with Crippen LogP contribution in [-0.2, 0) is 0 Å². The first-order valence-electron chi connectivity index (χ1n) is 3.24. The lowest BCUT2D eigenvalue weighted by atomic mass is 10.3. The number of hydrogen-bond donors (Lipinski definition) is 1. The van der Waals surface area contributed by atoms with Crippen molar-refractivity contribution in [2.45, 2.75) is 0 Å². The molecule has 0 fully saturated rings. The van der Waals surface area contributed by atoms with Crippen LogP contribution in [0.3, 0.4) is 0 Å². The summed E-state index contributed by atoms with van der Waals surface area (Å²) in [6.07, 6.45) is 3.71. The lowest BCUT2D eigenvalue weighted by Crippen LogP contribution is -2.20. The Hall–Kier alpha value is -0.630. The molecule has 10 heavy (non-hydrogen) atoms. The Morgan fingerprint density at radius 1 is 1.40 bits per heavy atom. The van der Waals surface area contributed by atoms with Gasteiger partial charge in [-0.3, -0.25) is 0 Å². The number of rotatable bonds is 2. The molecule has 0 aliphatic carbocycles. The molecule has 1 rings (SSSR count). The van der Waals surface area contributed by atoms with Gasteiger partial charge in [-0.2, -0.15) is 0 Å². The molecule has 1 aliphatic rings. The average molecular weight is 153 g/mol. The summed E-state index contributed by atoms with van der Waals surface area (Å²) in [5.74, 6) is 1.12. The van der Waals surface area contributed by atoms with Crippen molar-refractivity contribution < 1.29 is 0 Å². The zero-order valence-corrected chi connectivity index (χ0v) is 6.71. The van der Waals surface area contributed by atoms with Gasteiger partial charge in [0.05, 0.1) is 0 Å². The molecule has 1 N–H and O–H groups in total. The summed E-state index contributed by atoms with van der Waals surface area (Å²) in [4.78, 5) is 1.21. The molecule has 54 valence electrons. The highest BCUT2D eigenvalue weighted by atomic mass is 32.2. The van der Waals surface area contributed by atoms with Gasteiger partial charge in [0.2, 0.25) is 0 Å². The third-order valence-corrected chi connectivity index (χ3v) is 2.44. The van der Waals surface area contributed by atoms with Crippen molar-refractivity contribution >= 4 is 11.8 Å². The summed E-state index contributed by atoms with van der Waals surface area (Å²) in [6, 6.07) is 0. The second-order valence-electron chi connectivity index (χ2n) is 1.96.